The van der Waals surface area contributed by atoms with Crippen LogP contribution in [-0.2, 0) is 6.54 Å². The highest BCUT2D eigenvalue weighted by molar-refractivity contribution is 5.53. The average Bonchev–Trinajstić information content (AvgIpc) is 2.79. The molecule has 0 radical (unpaired) electrons. The van der Waals surface area contributed by atoms with E-state index in [1.165, 1.54) is 0 Å². The van der Waals surface area contributed by atoms with Crippen molar-refractivity contribution in [3.8, 4) is 5.88 Å². The summed E-state index contributed by atoms with van der Waals surface area (Å²) in [5.74, 6) is 0.606. The van der Waals surface area contributed by atoms with Crippen LogP contribution in [0.3, 0.4) is 0 Å². The van der Waals surface area contributed by atoms with Gasteiger partial charge in [0, 0.05) is 18.3 Å². The first-order chi connectivity index (χ1) is 7.79. The van der Waals surface area contributed by atoms with Crippen molar-refractivity contribution in [1.82, 2.24) is 4.98 Å². The fourth-order valence-corrected chi connectivity index (χ4v) is 1.44. The molecule has 2 heterocycles. The third-order valence-electron chi connectivity index (χ3n) is 2.24. The van der Waals surface area contributed by atoms with Gasteiger partial charge in [0.2, 0.25) is 5.88 Å². The second-order valence-corrected chi connectivity index (χ2v) is 3.55. The highest BCUT2D eigenvalue weighted by Crippen LogP contribution is 2.22. The fraction of sp³-hybridized carbons (Fsp3) is 0.250. The first-order valence-electron chi connectivity index (χ1n) is 5.05. The van der Waals surface area contributed by atoms with Gasteiger partial charge in [-0.2, -0.15) is 0 Å². The number of furan rings is 1. The molecular formula is C12H14N2O2. The molecule has 84 valence electrons. The lowest BCUT2D eigenvalue weighted by Crippen LogP contribution is -2.02. The molecule has 0 aliphatic carbocycles. The second-order valence-electron chi connectivity index (χ2n) is 3.55. The molecule has 0 unspecified atom stereocenters. The Morgan fingerprint density at radius 3 is 3.06 bits per heavy atom. The Labute approximate surface area is 94.3 Å². The summed E-state index contributed by atoms with van der Waals surface area (Å²) in [5, 5.41) is 3.26. The summed E-state index contributed by atoms with van der Waals surface area (Å²) in [7, 11) is 1.61. The van der Waals surface area contributed by atoms with Crippen molar-refractivity contribution in [2.24, 2.45) is 0 Å². The number of rotatable bonds is 4. The minimum Gasteiger partial charge on any atom is -0.480 e. The maximum absolute atomic E-state index is 5.17. The van der Waals surface area contributed by atoms with Gasteiger partial charge in [-0.3, -0.25) is 0 Å². The number of hydrogen-bond acceptors (Lipinski definition) is 4. The number of nitrogens with zero attached hydrogens (tertiary/aromatic N) is 1. The van der Waals surface area contributed by atoms with Gasteiger partial charge in [0.1, 0.15) is 0 Å². The minimum absolute atomic E-state index is 0.606. The van der Waals surface area contributed by atoms with Crippen LogP contribution in [0.25, 0.3) is 0 Å². The van der Waals surface area contributed by atoms with Crippen molar-refractivity contribution < 1.29 is 9.15 Å². The molecule has 4 nitrogen and oxygen atoms in total. The monoisotopic (exact) mass is 218 g/mol. The van der Waals surface area contributed by atoms with E-state index in [9.17, 15) is 0 Å². The van der Waals surface area contributed by atoms with Gasteiger partial charge in [-0.1, -0.05) is 0 Å². The zero-order chi connectivity index (χ0) is 11.4. The lowest BCUT2D eigenvalue weighted by Gasteiger charge is -2.09. The maximum Gasteiger partial charge on any atom is 0.237 e. The zero-order valence-electron chi connectivity index (χ0n) is 9.36. The standard InChI is InChI=1S/C12H14N2O2/c1-9-5-11(12(15-2)14-6-9)13-7-10-3-4-16-8-10/h3-6,8,13H,7H2,1-2H3. The summed E-state index contributed by atoms with van der Waals surface area (Å²) in [6, 6.07) is 3.93. The number of hydrogen-bond donors (Lipinski definition) is 1. The van der Waals surface area contributed by atoms with Gasteiger partial charge in [-0.15, -0.1) is 0 Å². The minimum atomic E-state index is 0.606. The van der Waals surface area contributed by atoms with Crippen molar-refractivity contribution in [3.05, 3.63) is 42.0 Å². The third-order valence-corrected chi connectivity index (χ3v) is 2.24. The van der Waals surface area contributed by atoms with E-state index in [0.29, 0.717) is 12.4 Å². The summed E-state index contributed by atoms with van der Waals surface area (Å²) < 4.78 is 10.2. The van der Waals surface area contributed by atoms with Crippen molar-refractivity contribution in [1.29, 1.82) is 0 Å². The largest absolute Gasteiger partial charge is 0.480 e. The highest BCUT2D eigenvalue weighted by atomic mass is 16.5. The second kappa shape index (κ2) is 4.70. The van der Waals surface area contributed by atoms with Crippen molar-refractivity contribution >= 4 is 5.69 Å². The van der Waals surface area contributed by atoms with Crippen LogP contribution < -0.4 is 10.1 Å². The fourth-order valence-electron chi connectivity index (χ4n) is 1.44. The van der Waals surface area contributed by atoms with E-state index in [0.717, 1.165) is 16.8 Å². The molecule has 0 saturated carbocycles. The van der Waals surface area contributed by atoms with E-state index in [2.05, 4.69) is 10.3 Å². The van der Waals surface area contributed by atoms with Gasteiger partial charge in [0.15, 0.2) is 0 Å². The van der Waals surface area contributed by atoms with Gasteiger partial charge in [-0.05, 0) is 24.6 Å². The Morgan fingerprint density at radius 1 is 1.50 bits per heavy atom. The Kier molecular flexibility index (Phi) is 3.10. The summed E-state index contributed by atoms with van der Waals surface area (Å²) in [5.41, 5.74) is 3.07. The van der Waals surface area contributed by atoms with E-state index in [4.69, 9.17) is 9.15 Å². The van der Waals surface area contributed by atoms with Crippen LogP contribution in [-0.4, -0.2) is 12.1 Å². The van der Waals surface area contributed by atoms with Crippen LogP contribution in [0.4, 0.5) is 5.69 Å². The zero-order valence-corrected chi connectivity index (χ0v) is 9.36. The number of aromatic nitrogens is 1. The predicted octanol–water partition coefficient (Wildman–Crippen LogP) is 2.60. The predicted molar refractivity (Wildman–Crippen MR) is 61.6 cm³/mol. The summed E-state index contributed by atoms with van der Waals surface area (Å²) in [6.45, 7) is 2.69. The van der Waals surface area contributed by atoms with Crippen molar-refractivity contribution in [2.75, 3.05) is 12.4 Å². The van der Waals surface area contributed by atoms with Crippen LogP contribution in [0.15, 0.2) is 35.3 Å². The smallest absolute Gasteiger partial charge is 0.237 e. The quantitative estimate of drug-likeness (QED) is 0.856. The van der Waals surface area contributed by atoms with Gasteiger partial charge >= 0.3 is 0 Å². The van der Waals surface area contributed by atoms with Crippen LogP contribution in [0.1, 0.15) is 11.1 Å². The molecule has 2 aromatic rings. The molecule has 0 atom stereocenters. The summed E-state index contributed by atoms with van der Waals surface area (Å²) >= 11 is 0. The molecule has 0 spiro atoms. The van der Waals surface area contributed by atoms with Crippen LogP contribution in [0, 0.1) is 6.92 Å². The molecule has 0 aliphatic heterocycles. The first-order valence-corrected chi connectivity index (χ1v) is 5.05. The van der Waals surface area contributed by atoms with Crippen LogP contribution >= 0.6 is 0 Å². The SMILES string of the molecule is COc1ncc(C)cc1NCc1ccoc1. The number of anilines is 1. The van der Waals surface area contributed by atoms with E-state index in [1.54, 1.807) is 25.8 Å². The number of nitrogens with one attached hydrogen (secondary N) is 1. The molecule has 2 aromatic heterocycles. The topological polar surface area (TPSA) is 47.3 Å². The molecule has 16 heavy (non-hydrogen) atoms. The Balaban J connectivity index is 2.11. The normalized spacial score (nSPS) is 10.1. The lowest BCUT2D eigenvalue weighted by molar-refractivity contribution is 0.399. The Morgan fingerprint density at radius 2 is 2.38 bits per heavy atom. The average molecular weight is 218 g/mol. The number of pyridine rings is 1. The van der Waals surface area contributed by atoms with E-state index in [-0.39, 0.29) is 0 Å². The molecular weight excluding hydrogens is 204 g/mol. The van der Waals surface area contributed by atoms with Gasteiger partial charge < -0.3 is 14.5 Å². The highest BCUT2D eigenvalue weighted by Gasteiger charge is 2.04. The number of ether oxygens (including phenoxy) is 1. The molecule has 0 aromatic carbocycles. The maximum atomic E-state index is 5.17. The van der Waals surface area contributed by atoms with E-state index < -0.39 is 0 Å². The van der Waals surface area contributed by atoms with Crippen molar-refractivity contribution in [3.63, 3.8) is 0 Å². The van der Waals surface area contributed by atoms with Gasteiger partial charge in [0.25, 0.3) is 0 Å². The molecule has 0 bridgehead atoms. The van der Waals surface area contributed by atoms with Crippen LogP contribution in [0.5, 0.6) is 5.88 Å². The van der Waals surface area contributed by atoms with Crippen LogP contribution in [0.2, 0.25) is 0 Å². The van der Waals surface area contributed by atoms with E-state index in [1.807, 2.05) is 19.1 Å². The number of methoxy groups -OCH3 is 1. The molecule has 2 rings (SSSR count). The lowest BCUT2D eigenvalue weighted by atomic mass is 10.2. The molecule has 0 fully saturated rings. The molecule has 0 aliphatic rings. The Bertz CT molecular complexity index is 452. The molecule has 4 heteroatoms. The van der Waals surface area contributed by atoms with Crippen molar-refractivity contribution in [2.45, 2.75) is 13.5 Å². The van der Waals surface area contributed by atoms with E-state index >= 15 is 0 Å². The summed E-state index contributed by atoms with van der Waals surface area (Å²) in [4.78, 5) is 4.19. The Hall–Kier alpha value is -1.97. The third kappa shape index (κ3) is 2.34. The first kappa shape index (κ1) is 10.5. The molecule has 0 amide bonds. The molecule has 0 saturated heterocycles. The molecule has 1 N–H and O–H groups in total. The summed E-state index contributed by atoms with van der Waals surface area (Å²) in [6.07, 6.45) is 5.15. The van der Waals surface area contributed by atoms with Gasteiger partial charge in [0.05, 0.1) is 25.3 Å². The number of aryl methyl sites for hydroxylation is 1. The van der Waals surface area contributed by atoms with Gasteiger partial charge in [-0.25, -0.2) is 4.98 Å².